The first-order valence-corrected chi connectivity index (χ1v) is 9.82. The van der Waals surface area contributed by atoms with Crippen molar-refractivity contribution in [2.75, 3.05) is 18.0 Å². The lowest BCUT2D eigenvalue weighted by atomic mass is 9.87. The lowest BCUT2D eigenvalue weighted by molar-refractivity contribution is 0.0891. The van der Waals surface area contributed by atoms with Gasteiger partial charge < -0.3 is 9.64 Å². The Hall–Kier alpha value is -3.14. The molecule has 4 nitrogen and oxygen atoms in total. The molecule has 0 unspecified atom stereocenters. The highest BCUT2D eigenvalue weighted by Crippen LogP contribution is 2.39. The van der Waals surface area contributed by atoms with Crippen LogP contribution in [0, 0.1) is 6.92 Å². The summed E-state index contributed by atoms with van der Waals surface area (Å²) in [5.74, 6) is 1.99. The predicted octanol–water partition coefficient (Wildman–Crippen LogP) is 4.90. The molecule has 0 N–H and O–H groups in total. The van der Waals surface area contributed by atoms with E-state index in [2.05, 4.69) is 75.6 Å². The Kier molecular flexibility index (Phi) is 4.12. The van der Waals surface area contributed by atoms with Crippen molar-refractivity contribution in [2.24, 2.45) is 0 Å². The van der Waals surface area contributed by atoms with Crippen molar-refractivity contribution >= 4 is 11.9 Å². The molecule has 5 rings (SSSR count). The summed E-state index contributed by atoms with van der Waals surface area (Å²) < 4.78 is 6.51. The summed E-state index contributed by atoms with van der Waals surface area (Å²) in [4.78, 5) is 11.0. The van der Waals surface area contributed by atoms with E-state index in [4.69, 9.17) is 4.74 Å². The zero-order valence-corrected chi connectivity index (χ0v) is 16.0. The minimum absolute atomic E-state index is 0.208. The third kappa shape index (κ3) is 3.15. The number of aryl methyl sites for hydroxylation is 1. The number of ether oxygens (including phenoxy) is 1. The molecule has 28 heavy (non-hydrogen) atoms. The van der Waals surface area contributed by atoms with E-state index in [1.807, 2.05) is 13.0 Å². The molecular weight excluding hydrogens is 346 g/mol. The Bertz CT molecular complexity index is 1020. The van der Waals surface area contributed by atoms with Gasteiger partial charge in [0, 0.05) is 43.3 Å². The third-order valence-corrected chi connectivity index (χ3v) is 5.72. The van der Waals surface area contributed by atoms with E-state index >= 15 is 0 Å². The minimum Gasteiger partial charge on any atom is -0.482 e. The zero-order valence-electron chi connectivity index (χ0n) is 16.0. The number of rotatable bonds is 2. The molecule has 3 aromatic rings. The molecule has 3 heterocycles. The Morgan fingerprint density at radius 3 is 2.54 bits per heavy atom. The van der Waals surface area contributed by atoms with Gasteiger partial charge in [-0.25, -0.2) is 9.97 Å². The molecule has 2 aromatic carbocycles. The molecule has 0 radical (unpaired) electrons. The lowest BCUT2D eigenvalue weighted by Crippen LogP contribution is -2.48. The molecule has 2 aliphatic heterocycles. The van der Waals surface area contributed by atoms with Crippen LogP contribution in [0.15, 0.2) is 67.0 Å². The summed E-state index contributed by atoms with van der Waals surface area (Å²) in [5.41, 5.74) is 4.40. The number of hydrogen-bond acceptors (Lipinski definition) is 4. The molecule has 2 aliphatic rings. The normalized spacial score (nSPS) is 17.2. The second-order valence-corrected chi connectivity index (χ2v) is 7.62. The van der Waals surface area contributed by atoms with Crippen LogP contribution >= 0.6 is 0 Å². The maximum Gasteiger partial charge on any atom is 0.132 e. The number of hydrogen-bond donors (Lipinski definition) is 0. The van der Waals surface area contributed by atoms with E-state index in [1.165, 1.54) is 11.1 Å². The number of anilines is 1. The van der Waals surface area contributed by atoms with E-state index in [0.29, 0.717) is 0 Å². The number of aromatic nitrogens is 2. The van der Waals surface area contributed by atoms with Crippen molar-refractivity contribution in [1.29, 1.82) is 0 Å². The Morgan fingerprint density at radius 1 is 0.929 bits per heavy atom. The van der Waals surface area contributed by atoms with Gasteiger partial charge in [0.05, 0.1) is 0 Å². The largest absolute Gasteiger partial charge is 0.482 e. The summed E-state index contributed by atoms with van der Waals surface area (Å²) in [6.07, 6.45) is 8.04. The average Bonchev–Trinajstić information content (AvgIpc) is 2.75. The summed E-state index contributed by atoms with van der Waals surface area (Å²) in [5, 5.41) is 0. The van der Waals surface area contributed by atoms with Crippen LogP contribution in [-0.2, 0) is 0 Å². The second-order valence-electron chi connectivity index (χ2n) is 7.62. The number of nitrogens with zero attached hydrogens (tertiary/aromatic N) is 3. The van der Waals surface area contributed by atoms with Gasteiger partial charge in [0.15, 0.2) is 0 Å². The van der Waals surface area contributed by atoms with Gasteiger partial charge in [-0.3, -0.25) is 0 Å². The zero-order chi connectivity index (χ0) is 19.0. The van der Waals surface area contributed by atoms with Crippen molar-refractivity contribution in [1.82, 2.24) is 9.97 Å². The van der Waals surface area contributed by atoms with Crippen molar-refractivity contribution < 1.29 is 4.74 Å². The smallest absolute Gasteiger partial charge is 0.132 e. The van der Waals surface area contributed by atoms with Crippen molar-refractivity contribution in [3.05, 3.63) is 78.3 Å². The molecule has 4 heteroatoms. The molecule has 0 aliphatic carbocycles. The number of fused-ring (bicyclic) bond motifs is 1. The predicted molar refractivity (Wildman–Crippen MR) is 112 cm³/mol. The summed E-state index contributed by atoms with van der Waals surface area (Å²) >= 11 is 0. The molecule has 0 atom stereocenters. The molecule has 1 fully saturated rings. The average molecular weight is 369 g/mol. The topological polar surface area (TPSA) is 38.2 Å². The first kappa shape index (κ1) is 17.0. The van der Waals surface area contributed by atoms with Crippen LogP contribution in [0.4, 0.5) is 5.82 Å². The Balaban J connectivity index is 1.33. The SMILES string of the molecule is Cc1cc(N2CCC3(C=Cc4cc(-c5ccccc5)ccc4O3)CC2)ncn1. The van der Waals surface area contributed by atoms with Gasteiger partial charge >= 0.3 is 0 Å². The van der Waals surface area contributed by atoms with Crippen molar-refractivity contribution in [3.8, 4) is 16.9 Å². The first-order valence-electron chi connectivity index (χ1n) is 9.82. The standard InChI is InChI=1S/C24H23N3O/c1-18-15-23(26-17-25-18)27-13-11-24(12-14-27)10-9-21-16-20(7-8-22(21)28-24)19-5-3-2-4-6-19/h2-10,15-17H,11-14H2,1H3. The molecule has 1 spiro atoms. The van der Waals surface area contributed by atoms with Crippen molar-refractivity contribution in [3.63, 3.8) is 0 Å². The quantitative estimate of drug-likeness (QED) is 0.644. The fraction of sp³-hybridized carbons (Fsp3) is 0.250. The van der Waals surface area contributed by atoms with Crippen LogP contribution in [0.3, 0.4) is 0 Å². The van der Waals surface area contributed by atoms with E-state index in [0.717, 1.165) is 48.8 Å². The Morgan fingerprint density at radius 2 is 1.75 bits per heavy atom. The molecule has 1 aromatic heterocycles. The van der Waals surface area contributed by atoms with Crippen LogP contribution in [0.5, 0.6) is 5.75 Å². The van der Waals surface area contributed by atoms with Gasteiger partial charge in [-0.1, -0.05) is 42.5 Å². The van der Waals surface area contributed by atoms with E-state index < -0.39 is 0 Å². The number of piperidine rings is 1. The monoisotopic (exact) mass is 369 g/mol. The summed E-state index contributed by atoms with van der Waals surface area (Å²) in [6, 6.07) is 19.0. The van der Waals surface area contributed by atoms with E-state index in [-0.39, 0.29) is 5.60 Å². The molecule has 140 valence electrons. The van der Waals surface area contributed by atoms with Gasteiger partial charge in [-0.15, -0.1) is 0 Å². The maximum absolute atomic E-state index is 6.51. The van der Waals surface area contributed by atoms with Crippen LogP contribution in [0.25, 0.3) is 17.2 Å². The summed E-state index contributed by atoms with van der Waals surface area (Å²) in [7, 11) is 0. The Labute approximate surface area is 165 Å². The van der Waals surface area contributed by atoms with Gasteiger partial charge in [-0.2, -0.15) is 0 Å². The molecule has 0 saturated carbocycles. The van der Waals surface area contributed by atoms with Crippen LogP contribution < -0.4 is 9.64 Å². The minimum atomic E-state index is -0.208. The lowest BCUT2D eigenvalue weighted by Gasteiger charge is -2.42. The molecule has 0 bridgehead atoms. The molecule has 1 saturated heterocycles. The summed E-state index contributed by atoms with van der Waals surface area (Å²) in [6.45, 7) is 3.86. The van der Waals surface area contributed by atoms with Gasteiger partial charge in [0.2, 0.25) is 0 Å². The second kappa shape index (κ2) is 6.79. The van der Waals surface area contributed by atoms with Gasteiger partial charge in [0.1, 0.15) is 23.5 Å². The van der Waals surface area contributed by atoms with E-state index in [9.17, 15) is 0 Å². The highest BCUT2D eigenvalue weighted by atomic mass is 16.5. The molecular formula is C24H23N3O. The fourth-order valence-corrected chi connectivity index (χ4v) is 4.07. The maximum atomic E-state index is 6.51. The van der Waals surface area contributed by atoms with Crippen molar-refractivity contribution in [2.45, 2.75) is 25.4 Å². The first-order chi connectivity index (χ1) is 13.7. The van der Waals surface area contributed by atoms with Gasteiger partial charge in [-0.05, 0) is 36.3 Å². The highest BCUT2D eigenvalue weighted by Gasteiger charge is 2.37. The fourth-order valence-electron chi connectivity index (χ4n) is 4.07. The van der Waals surface area contributed by atoms with E-state index in [1.54, 1.807) is 6.33 Å². The van der Waals surface area contributed by atoms with Gasteiger partial charge in [0.25, 0.3) is 0 Å². The third-order valence-electron chi connectivity index (χ3n) is 5.72. The number of benzene rings is 2. The van der Waals surface area contributed by atoms with Crippen LogP contribution in [0.2, 0.25) is 0 Å². The van der Waals surface area contributed by atoms with Crippen LogP contribution in [0.1, 0.15) is 24.1 Å². The molecule has 0 amide bonds. The van der Waals surface area contributed by atoms with Crippen LogP contribution in [-0.4, -0.2) is 28.7 Å². The highest BCUT2D eigenvalue weighted by molar-refractivity contribution is 5.71.